The minimum Gasteiger partial charge on any atom is -0.496 e. The average Bonchev–Trinajstić information content (AvgIpc) is 3.13. The van der Waals surface area contributed by atoms with Gasteiger partial charge in [0.05, 0.1) is 24.7 Å². The number of halogens is 1. The molecule has 0 atom stereocenters. The summed E-state index contributed by atoms with van der Waals surface area (Å²) in [6.07, 6.45) is 0.940. The lowest BCUT2D eigenvalue weighted by atomic mass is 9.93. The largest absolute Gasteiger partial charge is 0.496 e. The number of benzene rings is 1. The Kier molecular flexibility index (Phi) is 3.26. The Bertz CT molecular complexity index is 480. The molecule has 1 saturated carbocycles. The molecule has 0 aromatic heterocycles. The number of hydrogen-bond acceptors (Lipinski definition) is 3. The van der Waals surface area contributed by atoms with Gasteiger partial charge in [-0.2, -0.15) is 0 Å². The van der Waals surface area contributed by atoms with Crippen molar-refractivity contribution in [2.75, 3.05) is 14.2 Å². The molecular weight excluding hydrogens is 239 g/mol. The zero-order chi connectivity index (χ0) is 13.3. The molecule has 0 aliphatic heterocycles. The molecule has 1 aliphatic carbocycles. The lowest BCUT2D eigenvalue weighted by Crippen LogP contribution is -2.22. The van der Waals surface area contributed by atoms with Gasteiger partial charge in [0.15, 0.2) is 0 Å². The van der Waals surface area contributed by atoms with Crippen LogP contribution in [-0.4, -0.2) is 25.3 Å². The molecule has 98 valence electrons. The fourth-order valence-corrected chi connectivity index (χ4v) is 2.17. The van der Waals surface area contributed by atoms with Crippen LogP contribution in [0.15, 0.2) is 12.1 Å². The second-order valence-electron chi connectivity index (χ2n) is 4.43. The zero-order valence-electron chi connectivity index (χ0n) is 10.3. The van der Waals surface area contributed by atoms with Gasteiger partial charge in [0.25, 0.3) is 0 Å². The molecule has 0 unspecified atom stereocenters. The van der Waals surface area contributed by atoms with Crippen molar-refractivity contribution < 1.29 is 23.8 Å². The monoisotopic (exact) mass is 254 g/mol. The number of rotatable bonds is 5. The number of carbonyl (C=O) groups is 1. The first-order valence-corrected chi connectivity index (χ1v) is 5.65. The Morgan fingerprint density at radius 1 is 1.44 bits per heavy atom. The van der Waals surface area contributed by atoms with E-state index in [4.69, 9.17) is 9.47 Å². The van der Waals surface area contributed by atoms with Crippen LogP contribution in [0.25, 0.3) is 0 Å². The number of methoxy groups -OCH3 is 2. The predicted octanol–water partition coefficient (Wildman–Crippen LogP) is 2.10. The van der Waals surface area contributed by atoms with E-state index in [1.165, 1.54) is 20.3 Å². The van der Waals surface area contributed by atoms with E-state index in [1.807, 2.05) is 0 Å². The highest BCUT2D eigenvalue weighted by Gasteiger charge is 2.53. The van der Waals surface area contributed by atoms with Crippen molar-refractivity contribution >= 4 is 5.97 Å². The summed E-state index contributed by atoms with van der Waals surface area (Å²) in [6, 6.07) is 3.09. The summed E-state index contributed by atoms with van der Waals surface area (Å²) in [5, 5.41) is 9.20. The minimum absolute atomic E-state index is 0.0541. The van der Waals surface area contributed by atoms with Gasteiger partial charge < -0.3 is 14.6 Å². The quantitative estimate of drug-likeness (QED) is 0.874. The van der Waals surface area contributed by atoms with Crippen LogP contribution < -0.4 is 4.74 Å². The molecular formula is C13H15FO4. The zero-order valence-corrected chi connectivity index (χ0v) is 10.3. The molecule has 0 radical (unpaired) electrons. The third-order valence-electron chi connectivity index (χ3n) is 3.38. The van der Waals surface area contributed by atoms with Crippen LogP contribution in [0.5, 0.6) is 5.75 Å². The third kappa shape index (κ3) is 1.84. The molecule has 1 N–H and O–H groups in total. The number of carboxylic acid groups (broad SMARTS) is 1. The number of ether oxygens (including phenoxy) is 2. The SMILES string of the molecule is COCc1c(OC)ccc(C2(C(=O)O)CC2)c1F. The van der Waals surface area contributed by atoms with Crippen LogP contribution in [0, 0.1) is 5.82 Å². The first kappa shape index (κ1) is 12.8. The Morgan fingerprint density at radius 2 is 2.11 bits per heavy atom. The molecule has 1 aromatic rings. The second-order valence-corrected chi connectivity index (χ2v) is 4.43. The smallest absolute Gasteiger partial charge is 0.314 e. The standard InChI is InChI=1S/C13H15FO4/c1-17-7-8-10(18-2)4-3-9(11(8)14)13(5-6-13)12(15)16/h3-4H,5-7H2,1-2H3,(H,15,16). The van der Waals surface area contributed by atoms with E-state index in [0.29, 0.717) is 18.6 Å². The van der Waals surface area contributed by atoms with Crippen molar-refractivity contribution in [2.45, 2.75) is 24.9 Å². The van der Waals surface area contributed by atoms with Gasteiger partial charge in [0.2, 0.25) is 0 Å². The van der Waals surface area contributed by atoms with Crippen LogP contribution in [0.3, 0.4) is 0 Å². The van der Waals surface area contributed by atoms with E-state index in [-0.39, 0.29) is 17.7 Å². The third-order valence-corrected chi connectivity index (χ3v) is 3.38. The maximum absolute atomic E-state index is 14.4. The molecule has 1 aromatic carbocycles. The summed E-state index contributed by atoms with van der Waals surface area (Å²) in [4.78, 5) is 11.2. The fourth-order valence-electron chi connectivity index (χ4n) is 2.17. The first-order valence-electron chi connectivity index (χ1n) is 5.65. The van der Waals surface area contributed by atoms with Crippen molar-refractivity contribution in [1.29, 1.82) is 0 Å². The second kappa shape index (κ2) is 4.57. The highest BCUT2D eigenvalue weighted by atomic mass is 19.1. The summed E-state index contributed by atoms with van der Waals surface area (Å²) >= 11 is 0. The molecule has 1 aliphatic rings. The molecule has 0 spiro atoms. The lowest BCUT2D eigenvalue weighted by molar-refractivity contribution is -0.140. The number of aliphatic carboxylic acids is 1. The van der Waals surface area contributed by atoms with E-state index in [1.54, 1.807) is 6.07 Å². The highest BCUT2D eigenvalue weighted by molar-refractivity contribution is 5.85. The maximum atomic E-state index is 14.4. The fraction of sp³-hybridized carbons (Fsp3) is 0.462. The van der Waals surface area contributed by atoms with Gasteiger partial charge in [-0.05, 0) is 18.9 Å². The van der Waals surface area contributed by atoms with Crippen LogP contribution in [0.1, 0.15) is 24.0 Å². The van der Waals surface area contributed by atoms with Crippen LogP contribution in [-0.2, 0) is 21.6 Å². The normalized spacial score (nSPS) is 16.4. The van der Waals surface area contributed by atoms with Gasteiger partial charge in [-0.3, -0.25) is 4.79 Å². The van der Waals surface area contributed by atoms with Crippen molar-refractivity contribution in [1.82, 2.24) is 0 Å². The Hall–Kier alpha value is -1.62. The summed E-state index contributed by atoms with van der Waals surface area (Å²) in [7, 11) is 2.90. The molecule has 0 bridgehead atoms. The minimum atomic E-state index is -1.06. The van der Waals surface area contributed by atoms with Crippen molar-refractivity contribution in [3.8, 4) is 5.75 Å². The van der Waals surface area contributed by atoms with Gasteiger partial charge in [-0.1, -0.05) is 6.07 Å². The average molecular weight is 254 g/mol. The summed E-state index contributed by atoms with van der Waals surface area (Å²) < 4.78 is 24.4. The molecule has 4 nitrogen and oxygen atoms in total. The van der Waals surface area contributed by atoms with Crippen LogP contribution in [0.2, 0.25) is 0 Å². The summed E-state index contributed by atoms with van der Waals surface area (Å²) in [5.74, 6) is -1.13. The molecule has 2 rings (SSSR count). The molecule has 5 heteroatoms. The van der Waals surface area contributed by atoms with Gasteiger partial charge in [0.1, 0.15) is 11.6 Å². The number of carboxylic acids is 1. The predicted molar refractivity (Wildman–Crippen MR) is 62.2 cm³/mol. The first-order chi connectivity index (χ1) is 8.56. The Labute approximate surface area is 104 Å². The summed E-state index contributed by atoms with van der Waals surface area (Å²) in [6.45, 7) is 0.0541. The van der Waals surface area contributed by atoms with Gasteiger partial charge in [-0.15, -0.1) is 0 Å². The van der Waals surface area contributed by atoms with E-state index >= 15 is 0 Å². The molecule has 0 heterocycles. The summed E-state index contributed by atoms with van der Waals surface area (Å²) in [5.41, 5.74) is -0.563. The van der Waals surface area contributed by atoms with Crippen molar-refractivity contribution in [3.05, 3.63) is 29.1 Å². The van der Waals surface area contributed by atoms with Gasteiger partial charge in [0, 0.05) is 12.7 Å². The molecule has 1 fully saturated rings. The molecule has 0 saturated heterocycles. The Morgan fingerprint density at radius 3 is 2.56 bits per heavy atom. The topological polar surface area (TPSA) is 55.8 Å². The van der Waals surface area contributed by atoms with Gasteiger partial charge in [-0.25, -0.2) is 4.39 Å². The van der Waals surface area contributed by atoms with E-state index < -0.39 is 17.2 Å². The highest BCUT2D eigenvalue weighted by Crippen LogP contribution is 2.50. The molecule has 18 heavy (non-hydrogen) atoms. The van der Waals surface area contributed by atoms with Gasteiger partial charge >= 0.3 is 5.97 Å². The van der Waals surface area contributed by atoms with Crippen LogP contribution >= 0.6 is 0 Å². The Balaban J connectivity index is 2.51. The van der Waals surface area contributed by atoms with E-state index in [0.717, 1.165) is 0 Å². The molecule has 0 amide bonds. The lowest BCUT2D eigenvalue weighted by Gasteiger charge is -2.16. The van der Waals surface area contributed by atoms with Crippen LogP contribution in [0.4, 0.5) is 4.39 Å². The van der Waals surface area contributed by atoms with E-state index in [9.17, 15) is 14.3 Å². The van der Waals surface area contributed by atoms with Crippen molar-refractivity contribution in [2.24, 2.45) is 0 Å². The van der Waals surface area contributed by atoms with Crippen molar-refractivity contribution in [3.63, 3.8) is 0 Å². The number of hydrogen-bond donors (Lipinski definition) is 1. The maximum Gasteiger partial charge on any atom is 0.314 e. The van der Waals surface area contributed by atoms with E-state index in [2.05, 4.69) is 0 Å².